The maximum Gasteiger partial charge on any atom is 0.335 e. The third-order valence-electron chi connectivity index (χ3n) is 3.50. The van der Waals surface area contributed by atoms with Gasteiger partial charge in [0.1, 0.15) is 6.61 Å². The van der Waals surface area contributed by atoms with E-state index < -0.39 is 23.9 Å². The number of hydrogen-bond donors (Lipinski definition) is 3. The van der Waals surface area contributed by atoms with Crippen molar-refractivity contribution in [3.05, 3.63) is 53.6 Å². The zero-order valence-corrected chi connectivity index (χ0v) is 12.8. The van der Waals surface area contributed by atoms with Gasteiger partial charge in [-0.1, -0.05) is 12.1 Å². The highest BCUT2D eigenvalue weighted by molar-refractivity contribution is 5.99. The fraction of sp³-hybridized carbons (Fsp3) is 0.118. The summed E-state index contributed by atoms with van der Waals surface area (Å²) in [6.07, 6.45) is -0.948. The van der Waals surface area contributed by atoms with Crippen LogP contribution in [-0.2, 0) is 4.79 Å². The van der Waals surface area contributed by atoms with Crippen LogP contribution in [0.4, 0.5) is 5.69 Å². The van der Waals surface area contributed by atoms with Gasteiger partial charge >= 0.3 is 11.9 Å². The fourth-order valence-electron chi connectivity index (χ4n) is 2.32. The topological polar surface area (TPSA) is 122 Å². The monoisotopic (exact) mass is 343 g/mol. The van der Waals surface area contributed by atoms with Gasteiger partial charge in [0.15, 0.2) is 11.5 Å². The van der Waals surface area contributed by atoms with Crippen molar-refractivity contribution in [3.8, 4) is 11.5 Å². The van der Waals surface area contributed by atoms with E-state index >= 15 is 0 Å². The highest BCUT2D eigenvalue weighted by Crippen LogP contribution is 2.31. The minimum absolute atomic E-state index is 0.0206. The average molecular weight is 343 g/mol. The Morgan fingerprint density at radius 2 is 1.56 bits per heavy atom. The number of carboxylic acid groups (broad SMARTS) is 2. The zero-order valence-electron chi connectivity index (χ0n) is 12.8. The number of anilines is 1. The Morgan fingerprint density at radius 1 is 0.960 bits per heavy atom. The van der Waals surface area contributed by atoms with E-state index in [2.05, 4.69) is 5.32 Å². The Morgan fingerprint density at radius 3 is 2.16 bits per heavy atom. The van der Waals surface area contributed by atoms with Crippen molar-refractivity contribution in [2.75, 3.05) is 11.9 Å². The van der Waals surface area contributed by atoms with Crippen LogP contribution in [0.2, 0.25) is 0 Å². The van der Waals surface area contributed by atoms with Crippen molar-refractivity contribution in [2.24, 2.45) is 0 Å². The number of carbonyl (C=O) groups excluding carboxylic acids is 1. The predicted octanol–water partition coefficient (Wildman–Crippen LogP) is 1.86. The second kappa shape index (κ2) is 6.52. The van der Waals surface area contributed by atoms with Gasteiger partial charge in [-0.3, -0.25) is 4.79 Å². The Balaban J connectivity index is 1.79. The number of fused-ring (bicyclic) bond motifs is 1. The molecular formula is C17H13NO7. The molecule has 0 radical (unpaired) electrons. The van der Waals surface area contributed by atoms with Crippen LogP contribution in [-0.4, -0.2) is 40.8 Å². The summed E-state index contributed by atoms with van der Waals surface area (Å²) in [5.74, 6) is -2.24. The van der Waals surface area contributed by atoms with Crippen LogP contribution >= 0.6 is 0 Å². The van der Waals surface area contributed by atoms with Crippen molar-refractivity contribution < 1.29 is 34.1 Å². The summed E-state index contributed by atoms with van der Waals surface area (Å²) < 4.78 is 11.0. The second-order valence-electron chi connectivity index (χ2n) is 5.26. The average Bonchev–Trinajstić information content (AvgIpc) is 2.60. The highest BCUT2D eigenvalue weighted by Gasteiger charge is 2.27. The molecule has 3 N–H and O–H groups in total. The van der Waals surface area contributed by atoms with E-state index in [1.54, 1.807) is 24.3 Å². The van der Waals surface area contributed by atoms with Crippen molar-refractivity contribution in [2.45, 2.75) is 6.10 Å². The number of benzene rings is 2. The van der Waals surface area contributed by atoms with E-state index in [1.165, 1.54) is 12.1 Å². The second-order valence-corrected chi connectivity index (χ2v) is 5.26. The molecule has 25 heavy (non-hydrogen) atoms. The van der Waals surface area contributed by atoms with Gasteiger partial charge in [-0.05, 0) is 30.3 Å². The normalized spacial score (nSPS) is 15.3. The van der Waals surface area contributed by atoms with Crippen molar-refractivity contribution in [1.82, 2.24) is 0 Å². The third-order valence-corrected chi connectivity index (χ3v) is 3.50. The number of carboxylic acids is 2. The molecule has 0 aromatic heterocycles. The van der Waals surface area contributed by atoms with Crippen LogP contribution < -0.4 is 14.8 Å². The van der Waals surface area contributed by atoms with E-state index in [0.29, 0.717) is 11.5 Å². The number of ether oxygens (including phenoxy) is 2. The standard InChI is InChI=1S/C17H13NO7/c19-15(14-8-24-12-3-1-2-4-13(12)25-14)18-11-6-9(16(20)21)5-10(7-11)17(22)23/h1-7,14H,8H2,(H,18,19)(H,20,21)(H,22,23). The van der Waals surface area contributed by atoms with Crippen LogP contribution in [0.15, 0.2) is 42.5 Å². The van der Waals surface area contributed by atoms with Gasteiger partial charge in [-0.15, -0.1) is 0 Å². The molecule has 0 saturated heterocycles. The number of para-hydroxylation sites is 2. The lowest BCUT2D eigenvalue weighted by Gasteiger charge is -2.25. The van der Waals surface area contributed by atoms with E-state index in [-0.39, 0.29) is 23.4 Å². The molecule has 1 unspecified atom stereocenters. The first-order valence-electron chi connectivity index (χ1n) is 7.25. The fourth-order valence-corrected chi connectivity index (χ4v) is 2.32. The molecule has 128 valence electrons. The summed E-state index contributed by atoms with van der Waals surface area (Å²) in [7, 11) is 0. The molecule has 0 aliphatic carbocycles. The molecule has 2 aromatic carbocycles. The van der Waals surface area contributed by atoms with Gasteiger partial charge in [-0.25, -0.2) is 9.59 Å². The molecule has 8 heteroatoms. The molecular weight excluding hydrogens is 330 g/mol. The summed E-state index contributed by atoms with van der Waals surface area (Å²) in [5, 5.41) is 20.6. The molecule has 3 rings (SSSR count). The molecule has 0 spiro atoms. The van der Waals surface area contributed by atoms with Crippen LogP contribution in [0.1, 0.15) is 20.7 Å². The van der Waals surface area contributed by atoms with Crippen LogP contribution in [0, 0.1) is 0 Å². The molecule has 1 atom stereocenters. The minimum Gasteiger partial charge on any atom is -0.485 e. The van der Waals surface area contributed by atoms with E-state index in [1.807, 2.05) is 0 Å². The molecule has 1 heterocycles. The van der Waals surface area contributed by atoms with Crippen LogP contribution in [0.3, 0.4) is 0 Å². The number of carbonyl (C=O) groups is 3. The Hall–Kier alpha value is -3.55. The number of hydrogen-bond acceptors (Lipinski definition) is 5. The maximum absolute atomic E-state index is 12.3. The number of rotatable bonds is 4. The predicted molar refractivity (Wildman–Crippen MR) is 85.3 cm³/mol. The summed E-state index contributed by atoms with van der Waals surface area (Å²) in [5.41, 5.74) is -0.451. The zero-order chi connectivity index (χ0) is 18.0. The summed E-state index contributed by atoms with van der Waals surface area (Å²) in [6, 6.07) is 10.2. The third kappa shape index (κ3) is 3.52. The first-order valence-corrected chi connectivity index (χ1v) is 7.25. The lowest BCUT2D eigenvalue weighted by atomic mass is 10.1. The lowest BCUT2D eigenvalue weighted by Crippen LogP contribution is -2.40. The number of nitrogens with one attached hydrogen (secondary N) is 1. The van der Waals surface area contributed by atoms with Gasteiger partial charge in [0.05, 0.1) is 11.1 Å². The summed E-state index contributed by atoms with van der Waals surface area (Å²) in [6.45, 7) is -0.0206. The molecule has 8 nitrogen and oxygen atoms in total. The molecule has 1 amide bonds. The first kappa shape index (κ1) is 16.3. The molecule has 1 aliphatic rings. The van der Waals surface area contributed by atoms with Gasteiger partial charge < -0.3 is 25.0 Å². The van der Waals surface area contributed by atoms with Crippen molar-refractivity contribution in [1.29, 1.82) is 0 Å². The number of amides is 1. The Bertz CT molecular complexity index is 830. The van der Waals surface area contributed by atoms with E-state index in [0.717, 1.165) is 6.07 Å². The lowest BCUT2D eigenvalue weighted by molar-refractivity contribution is -0.125. The van der Waals surface area contributed by atoms with Crippen molar-refractivity contribution in [3.63, 3.8) is 0 Å². The largest absolute Gasteiger partial charge is 0.485 e. The minimum atomic E-state index is -1.30. The smallest absolute Gasteiger partial charge is 0.335 e. The van der Waals surface area contributed by atoms with Gasteiger partial charge in [0.2, 0.25) is 6.10 Å². The molecule has 0 bridgehead atoms. The Labute approximate surface area is 141 Å². The van der Waals surface area contributed by atoms with E-state index in [4.69, 9.17) is 19.7 Å². The van der Waals surface area contributed by atoms with Crippen LogP contribution in [0.25, 0.3) is 0 Å². The molecule has 1 aliphatic heterocycles. The molecule has 2 aromatic rings. The van der Waals surface area contributed by atoms with Gasteiger partial charge in [-0.2, -0.15) is 0 Å². The SMILES string of the molecule is O=C(O)c1cc(NC(=O)C2COc3ccccc3O2)cc(C(=O)O)c1. The quantitative estimate of drug-likeness (QED) is 0.774. The van der Waals surface area contributed by atoms with Gasteiger partial charge in [0, 0.05) is 5.69 Å². The molecule has 0 saturated carbocycles. The Kier molecular flexibility index (Phi) is 4.25. The molecule has 0 fully saturated rings. The van der Waals surface area contributed by atoms with Crippen LogP contribution in [0.5, 0.6) is 11.5 Å². The highest BCUT2D eigenvalue weighted by atomic mass is 16.6. The van der Waals surface area contributed by atoms with Gasteiger partial charge in [0.25, 0.3) is 5.91 Å². The maximum atomic E-state index is 12.3. The van der Waals surface area contributed by atoms with Crippen molar-refractivity contribution >= 4 is 23.5 Å². The summed E-state index contributed by atoms with van der Waals surface area (Å²) in [4.78, 5) is 34.5. The first-order chi connectivity index (χ1) is 11.9. The number of aromatic carboxylic acids is 2. The summed E-state index contributed by atoms with van der Waals surface area (Å²) >= 11 is 0. The van der Waals surface area contributed by atoms with E-state index in [9.17, 15) is 14.4 Å².